The largest absolute Gasteiger partial charge is 0.330 e. The Labute approximate surface area is 142 Å². The van der Waals surface area contributed by atoms with E-state index in [4.69, 9.17) is 5.73 Å². The molecule has 1 aliphatic rings. The van der Waals surface area contributed by atoms with E-state index in [1.54, 1.807) is 0 Å². The lowest BCUT2D eigenvalue weighted by Crippen LogP contribution is -2.44. The molecular formula is C17H22N4O2S. The van der Waals surface area contributed by atoms with Crippen molar-refractivity contribution in [2.24, 2.45) is 11.7 Å². The van der Waals surface area contributed by atoms with E-state index < -0.39 is 10.0 Å². The molecule has 0 bridgehead atoms. The van der Waals surface area contributed by atoms with Gasteiger partial charge in [0.1, 0.15) is 4.90 Å². The molecule has 1 fully saturated rings. The number of hydrogen-bond donors (Lipinski definition) is 2. The van der Waals surface area contributed by atoms with Crippen molar-refractivity contribution in [2.75, 3.05) is 6.54 Å². The molecule has 3 rings (SSSR count). The smallest absolute Gasteiger partial charge is 0.243 e. The van der Waals surface area contributed by atoms with Crippen molar-refractivity contribution in [3.63, 3.8) is 0 Å². The molecule has 3 N–H and O–H groups in total. The van der Waals surface area contributed by atoms with Crippen molar-refractivity contribution in [2.45, 2.75) is 36.6 Å². The second-order valence-electron chi connectivity index (χ2n) is 6.12. The van der Waals surface area contributed by atoms with Crippen LogP contribution in [0.3, 0.4) is 0 Å². The number of hydrogen-bond acceptors (Lipinski definition) is 5. The summed E-state index contributed by atoms with van der Waals surface area (Å²) in [6, 6.07) is 9.35. The summed E-state index contributed by atoms with van der Waals surface area (Å²) in [4.78, 5) is 8.47. The predicted octanol–water partition coefficient (Wildman–Crippen LogP) is 1.94. The SMILES string of the molecule is NCC1CCCCC1NS(=O)(=O)c1cnc(-c2ccccc2)nc1. The average molecular weight is 346 g/mol. The molecule has 24 heavy (non-hydrogen) atoms. The average Bonchev–Trinajstić information content (AvgIpc) is 2.63. The van der Waals surface area contributed by atoms with Crippen LogP contribution in [0.15, 0.2) is 47.6 Å². The van der Waals surface area contributed by atoms with Gasteiger partial charge in [0.25, 0.3) is 0 Å². The van der Waals surface area contributed by atoms with Crippen LogP contribution in [0.1, 0.15) is 25.7 Å². The molecule has 7 heteroatoms. The van der Waals surface area contributed by atoms with Crippen LogP contribution in [0.2, 0.25) is 0 Å². The van der Waals surface area contributed by atoms with Gasteiger partial charge in [0, 0.05) is 11.6 Å². The van der Waals surface area contributed by atoms with Crippen molar-refractivity contribution >= 4 is 10.0 Å². The summed E-state index contributed by atoms with van der Waals surface area (Å²) in [5, 5.41) is 0. The van der Waals surface area contributed by atoms with Crippen LogP contribution in [0.5, 0.6) is 0 Å². The van der Waals surface area contributed by atoms with Gasteiger partial charge in [-0.2, -0.15) is 0 Å². The molecule has 1 aromatic carbocycles. The van der Waals surface area contributed by atoms with E-state index in [2.05, 4.69) is 14.7 Å². The minimum absolute atomic E-state index is 0.0866. The van der Waals surface area contributed by atoms with Crippen molar-refractivity contribution < 1.29 is 8.42 Å². The second kappa shape index (κ2) is 7.38. The van der Waals surface area contributed by atoms with Gasteiger partial charge in [0.2, 0.25) is 10.0 Å². The molecular weight excluding hydrogens is 324 g/mol. The van der Waals surface area contributed by atoms with E-state index in [9.17, 15) is 8.42 Å². The molecule has 128 valence electrons. The fraction of sp³-hybridized carbons (Fsp3) is 0.412. The minimum atomic E-state index is -3.63. The van der Waals surface area contributed by atoms with Crippen LogP contribution in [-0.4, -0.2) is 31.0 Å². The van der Waals surface area contributed by atoms with Crippen LogP contribution < -0.4 is 10.5 Å². The zero-order valence-corrected chi connectivity index (χ0v) is 14.2. The molecule has 0 spiro atoms. The summed E-state index contributed by atoms with van der Waals surface area (Å²) in [6.45, 7) is 0.497. The Hall–Kier alpha value is -1.83. The predicted molar refractivity (Wildman–Crippen MR) is 92.6 cm³/mol. The van der Waals surface area contributed by atoms with Gasteiger partial charge in [-0.1, -0.05) is 43.2 Å². The van der Waals surface area contributed by atoms with Gasteiger partial charge in [-0.3, -0.25) is 0 Å². The topological polar surface area (TPSA) is 98.0 Å². The highest BCUT2D eigenvalue weighted by Gasteiger charge is 2.29. The van der Waals surface area contributed by atoms with Gasteiger partial charge in [-0.05, 0) is 25.3 Å². The third kappa shape index (κ3) is 3.80. The third-order valence-corrected chi connectivity index (χ3v) is 5.93. The maximum Gasteiger partial charge on any atom is 0.243 e. The second-order valence-corrected chi connectivity index (χ2v) is 7.83. The normalized spacial score (nSPS) is 21.5. The number of nitrogens with one attached hydrogen (secondary N) is 1. The first-order chi connectivity index (χ1) is 11.6. The Kier molecular flexibility index (Phi) is 5.23. The molecule has 1 aromatic heterocycles. The zero-order valence-electron chi connectivity index (χ0n) is 13.4. The Morgan fingerprint density at radius 1 is 1.08 bits per heavy atom. The molecule has 0 radical (unpaired) electrons. The van der Waals surface area contributed by atoms with Gasteiger partial charge in [-0.25, -0.2) is 23.1 Å². The number of aromatic nitrogens is 2. The lowest BCUT2D eigenvalue weighted by Gasteiger charge is -2.30. The molecule has 1 saturated carbocycles. The molecule has 1 aliphatic carbocycles. The van der Waals surface area contributed by atoms with Crippen molar-refractivity contribution in [3.05, 3.63) is 42.7 Å². The maximum absolute atomic E-state index is 12.6. The van der Waals surface area contributed by atoms with E-state index in [1.165, 1.54) is 12.4 Å². The van der Waals surface area contributed by atoms with Gasteiger partial charge in [-0.15, -0.1) is 0 Å². The van der Waals surface area contributed by atoms with Gasteiger partial charge >= 0.3 is 0 Å². The number of rotatable bonds is 5. The van der Waals surface area contributed by atoms with Crippen molar-refractivity contribution in [3.8, 4) is 11.4 Å². The van der Waals surface area contributed by atoms with Crippen molar-refractivity contribution in [1.82, 2.24) is 14.7 Å². The lowest BCUT2D eigenvalue weighted by molar-refractivity contribution is 0.296. The fourth-order valence-electron chi connectivity index (χ4n) is 3.10. The van der Waals surface area contributed by atoms with Gasteiger partial charge in [0.05, 0.1) is 12.4 Å². The fourth-order valence-corrected chi connectivity index (χ4v) is 4.33. The first-order valence-electron chi connectivity index (χ1n) is 8.20. The van der Waals surface area contributed by atoms with E-state index in [0.717, 1.165) is 31.2 Å². The van der Waals surface area contributed by atoms with E-state index in [0.29, 0.717) is 12.4 Å². The van der Waals surface area contributed by atoms with Crippen LogP contribution in [0.4, 0.5) is 0 Å². The highest BCUT2D eigenvalue weighted by atomic mass is 32.2. The number of benzene rings is 1. The summed E-state index contributed by atoms with van der Waals surface area (Å²) < 4.78 is 27.9. The number of nitrogens with zero attached hydrogens (tertiary/aromatic N) is 2. The summed E-state index contributed by atoms with van der Waals surface area (Å²) in [5.74, 6) is 0.699. The van der Waals surface area contributed by atoms with Gasteiger partial charge < -0.3 is 5.73 Å². The highest BCUT2D eigenvalue weighted by Crippen LogP contribution is 2.25. The van der Waals surface area contributed by atoms with Crippen LogP contribution in [0, 0.1) is 5.92 Å². The molecule has 2 atom stereocenters. The summed E-state index contributed by atoms with van der Waals surface area (Å²) >= 11 is 0. The first-order valence-corrected chi connectivity index (χ1v) is 9.68. The molecule has 0 aliphatic heterocycles. The third-order valence-electron chi connectivity index (χ3n) is 4.49. The monoisotopic (exact) mass is 346 g/mol. The minimum Gasteiger partial charge on any atom is -0.330 e. The summed E-state index contributed by atoms with van der Waals surface area (Å²) in [6.07, 6.45) is 6.63. The summed E-state index contributed by atoms with van der Waals surface area (Å²) in [5.41, 5.74) is 6.63. The Bertz CT molecular complexity index is 763. The molecule has 6 nitrogen and oxygen atoms in total. The Morgan fingerprint density at radius 2 is 1.75 bits per heavy atom. The zero-order chi connectivity index (χ0) is 17.0. The summed E-state index contributed by atoms with van der Waals surface area (Å²) in [7, 11) is -3.63. The standard InChI is InChI=1S/C17H22N4O2S/c18-10-14-8-4-5-9-16(14)21-24(22,23)15-11-19-17(20-12-15)13-6-2-1-3-7-13/h1-3,6-7,11-12,14,16,21H,4-5,8-10,18H2. The van der Waals surface area contributed by atoms with Gasteiger partial charge in [0.15, 0.2) is 5.82 Å². The van der Waals surface area contributed by atoms with Crippen LogP contribution >= 0.6 is 0 Å². The van der Waals surface area contributed by atoms with E-state index >= 15 is 0 Å². The van der Waals surface area contributed by atoms with Crippen molar-refractivity contribution in [1.29, 1.82) is 0 Å². The molecule has 0 saturated heterocycles. The Balaban J connectivity index is 1.77. The van der Waals surface area contributed by atoms with E-state index in [-0.39, 0.29) is 16.9 Å². The molecule has 2 aromatic rings. The molecule has 1 heterocycles. The maximum atomic E-state index is 12.6. The lowest BCUT2D eigenvalue weighted by atomic mass is 9.85. The number of nitrogens with two attached hydrogens (primary N) is 1. The molecule has 0 amide bonds. The van der Waals surface area contributed by atoms with Crippen LogP contribution in [0.25, 0.3) is 11.4 Å². The quantitative estimate of drug-likeness (QED) is 0.862. The number of sulfonamides is 1. The van der Waals surface area contributed by atoms with Crippen LogP contribution in [-0.2, 0) is 10.0 Å². The first kappa shape index (κ1) is 17.0. The Morgan fingerprint density at radius 3 is 2.42 bits per heavy atom. The highest BCUT2D eigenvalue weighted by molar-refractivity contribution is 7.89. The van der Waals surface area contributed by atoms with E-state index in [1.807, 2.05) is 30.3 Å². The molecule has 2 unspecified atom stereocenters.